The Morgan fingerprint density at radius 1 is 1.04 bits per heavy atom. The maximum atomic E-state index is 12.1. The summed E-state index contributed by atoms with van der Waals surface area (Å²) in [5.41, 5.74) is 2.32. The molecule has 0 aliphatic rings. The molecule has 2 N–H and O–H groups in total. The molecule has 0 unspecified atom stereocenters. The molecule has 1 amide bonds. The van der Waals surface area contributed by atoms with Gasteiger partial charge < -0.3 is 25.0 Å². The minimum atomic E-state index is -0.00829. The zero-order valence-electron chi connectivity index (χ0n) is 17.2. The summed E-state index contributed by atoms with van der Waals surface area (Å²) in [7, 11) is 7.32. The van der Waals surface area contributed by atoms with E-state index >= 15 is 0 Å². The summed E-state index contributed by atoms with van der Waals surface area (Å²) < 4.78 is 10.5. The minimum absolute atomic E-state index is 0.00829. The largest absolute Gasteiger partial charge is 0.493 e. The number of amides is 1. The van der Waals surface area contributed by atoms with E-state index in [0.29, 0.717) is 31.1 Å². The summed E-state index contributed by atoms with van der Waals surface area (Å²) >= 11 is 0. The summed E-state index contributed by atoms with van der Waals surface area (Å²) in [6.07, 6.45) is 0.733. The third kappa shape index (κ3) is 6.55. The van der Waals surface area contributed by atoms with Crippen LogP contribution >= 0.6 is 0 Å². The summed E-state index contributed by atoms with van der Waals surface area (Å²) in [5, 5.41) is 6.21. The van der Waals surface area contributed by atoms with Crippen molar-refractivity contribution < 1.29 is 14.3 Å². The number of methoxy groups -OCH3 is 2. The molecule has 0 fully saturated rings. The van der Waals surface area contributed by atoms with E-state index in [0.717, 1.165) is 12.0 Å². The molecule has 0 aromatic heterocycles. The number of carbonyl (C=O) groups is 1. The Labute approximate surface area is 167 Å². The Kier molecular flexibility index (Phi) is 8.78. The maximum Gasteiger partial charge on any atom is 0.233 e. The Bertz CT molecular complexity index is 735. The van der Waals surface area contributed by atoms with Gasteiger partial charge in [0.1, 0.15) is 0 Å². The van der Waals surface area contributed by atoms with E-state index in [1.807, 2.05) is 50.5 Å². The zero-order chi connectivity index (χ0) is 20.4. The fourth-order valence-electron chi connectivity index (χ4n) is 3.04. The number of hydrogen-bond donors (Lipinski definition) is 2. The van der Waals surface area contributed by atoms with E-state index in [4.69, 9.17) is 9.47 Å². The number of rotatable bonds is 11. The van der Waals surface area contributed by atoms with E-state index < -0.39 is 0 Å². The van der Waals surface area contributed by atoms with Crippen molar-refractivity contribution in [2.24, 2.45) is 0 Å². The molecule has 0 radical (unpaired) electrons. The molecule has 0 heterocycles. The van der Waals surface area contributed by atoms with E-state index in [2.05, 4.69) is 27.7 Å². The standard InChI is InChI=1S/C22H31N3O3/c1-25(2)19(18-8-6-5-7-9-18)15-23-16-22(26)24-13-12-17-10-11-20(27-3)21(14-17)28-4/h5-11,14,19,23H,12-13,15-16H2,1-4H3,(H,24,26)/t19-/m1/s1. The van der Waals surface area contributed by atoms with Crippen LogP contribution in [0, 0.1) is 0 Å². The van der Waals surface area contributed by atoms with E-state index in [-0.39, 0.29) is 11.9 Å². The first-order valence-electron chi connectivity index (χ1n) is 9.44. The molecule has 6 nitrogen and oxygen atoms in total. The van der Waals surface area contributed by atoms with Crippen molar-refractivity contribution >= 4 is 5.91 Å². The van der Waals surface area contributed by atoms with Crippen LogP contribution < -0.4 is 20.1 Å². The minimum Gasteiger partial charge on any atom is -0.493 e. The van der Waals surface area contributed by atoms with Crippen LogP contribution in [0.25, 0.3) is 0 Å². The molecule has 0 saturated heterocycles. The van der Waals surface area contributed by atoms with Crippen molar-refractivity contribution in [3.63, 3.8) is 0 Å². The van der Waals surface area contributed by atoms with Crippen molar-refractivity contribution in [1.82, 2.24) is 15.5 Å². The van der Waals surface area contributed by atoms with Gasteiger partial charge >= 0.3 is 0 Å². The average Bonchev–Trinajstić information content (AvgIpc) is 2.71. The lowest BCUT2D eigenvalue weighted by atomic mass is 10.1. The Balaban J connectivity index is 1.74. The summed E-state index contributed by atoms with van der Waals surface area (Å²) in [5.74, 6) is 1.39. The average molecular weight is 386 g/mol. The first-order chi connectivity index (χ1) is 13.5. The molecule has 1 atom stereocenters. The molecule has 0 aliphatic heterocycles. The van der Waals surface area contributed by atoms with Crippen molar-refractivity contribution in [2.45, 2.75) is 12.5 Å². The Hall–Kier alpha value is -2.57. The Morgan fingerprint density at radius 3 is 2.39 bits per heavy atom. The van der Waals surface area contributed by atoms with Gasteiger partial charge in [0.15, 0.2) is 11.5 Å². The lowest BCUT2D eigenvalue weighted by Gasteiger charge is -2.25. The molecule has 0 aliphatic carbocycles. The van der Waals surface area contributed by atoms with Gasteiger partial charge in [-0.2, -0.15) is 0 Å². The number of hydrogen-bond acceptors (Lipinski definition) is 5. The van der Waals surface area contributed by atoms with E-state index in [1.165, 1.54) is 5.56 Å². The van der Waals surface area contributed by atoms with Crippen LogP contribution in [0.15, 0.2) is 48.5 Å². The smallest absolute Gasteiger partial charge is 0.233 e. The van der Waals surface area contributed by atoms with Gasteiger partial charge in [0.05, 0.1) is 20.8 Å². The summed E-state index contributed by atoms with van der Waals surface area (Å²) in [6, 6.07) is 16.3. The highest BCUT2D eigenvalue weighted by molar-refractivity contribution is 5.77. The van der Waals surface area contributed by atoms with Crippen LogP contribution in [-0.4, -0.2) is 58.8 Å². The number of ether oxygens (including phenoxy) is 2. The highest BCUT2D eigenvalue weighted by Gasteiger charge is 2.13. The third-order valence-electron chi connectivity index (χ3n) is 4.61. The quantitative estimate of drug-likeness (QED) is 0.621. The lowest BCUT2D eigenvalue weighted by Crippen LogP contribution is -2.38. The van der Waals surface area contributed by atoms with Crippen LogP contribution in [0.3, 0.4) is 0 Å². The van der Waals surface area contributed by atoms with Crippen molar-refractivity contribution in [3.05, 3.63) is 59.7 Å². The molecule has 0 saturated carbocycles. The highest BCUT2D eigenvalue weighted by atomic mass is 16.5. The molecule has 2 aromatic rings. The molecule has 0 bridgehead atoms. The van der Waals surface area contributed by atoms with Crippen LogP contribution in [0.4, 0.5) is 0 Å². The summed E-state index contributed by atoms with van der Waals surface area (Å²) in [6.45, 7) is 1.58. The van der Waals surface area contributed by atoms with Crippen LogP contribution in [0.5, 0.6) is 11.5 Å². The number of nitrogens with one attached hydrogen (secondary N) is 2. The van der Waals surface area contributed by atoms with Crippen LogP contribution in [-0.2, 0) is 11.2 Å². The van der Waals surface area contributed by atoms with Gasteiger partial charge in [0.2, 0.25) is 5.91 Å². The molecule has 28 heavy (non-hydrogen) atoms. The Morgan fingerprint density at radius 2 is 1.75 bits per heavy atom. The third-order valence-corrected chi connectivity index (χ3v) is 4.61. The number of nitrogens with zero attached hydrogens (tertiary/aromatic N) is 1. The predicted molar refractivity (Wildman–Crippen MR) is 112 cm³/mol. The van der Waals surface area contributed by atoms with Crippen molar-refractivity contribution in [2.75, 3.05) is 47.9 Å². The van der Waals surface area contributed by atoms with Gasteiger partial charge in [0, 0.05) is 19.1 Å². The van der Waals surface area contributed by atoms with Crippen LogP contribution in [0.2, 0.25) is 0 Å². The lowest BCUT2D eigenvalue weighted by molar-refractivity contribution is -0.120. The normalized spacial score (nSPS) is 11.9. The SMILES string of the molecule is COc1ccc(CCNC(=O)CNC[C@H](c2ccccc2)N(C)C)cc1OC. The zero-order valence-corrected chi connectivity index (χ0v) is 17.2. The second-order valence-electron chi connectivity index (χ2n) is 6.81. The first-order valence-corrected chi connectivity index (χ1v) is 9.44. The fourth-order valence-corrected chi connectivity index (χ4v) is 3.04. The van der Waals surface area contributed by atoms with E-state index in [1.54, 1.807) is 14.2 Å². The number of likely N-dealkylation sites (N-methyl/N-ethyl adjacent to an activating group) is 1. The topological polar surface area (TPSA) is 62.8 Å². The van der Waals surface area contributed by atoms with E-state index in [9.17, 15) is 4.79 Å². The summed E-state index contributed by atoms with van der Waals surface area (Å²) in [4.78, 5) is 14.3. The van der Waals surface area contributed by atoms with Gasteiger partial charge in [0.25, 0.3) is 0 Å². The maximum absolute atomic E-state index is 12.1. The number of carbonyl (C=O) groups excluding carboxylic acids is 1. The predicted octanol–water partition coefficient (Wildman–Crippen LogP) is 2.25. The molecule has 6 heteroatoms. The highest BCUT2D eigenvalue weighted by Crippen LogP contribution is 2.27. The molecular formula is C22H31N3O3. The second-order valence-corrected chi connectivity index (χ2v) is 6.81. The monoisotopic (exact) mass is 385 g/mol. The first kappa shape index (κ1) is 21.7. The van der Waals surface area contributed by atoms with Crippen molar-refractivity contribution in [1.29, 1.82) is 0 Å². The van der Waals surface area contributed by atoms with Gasteiger partial charge in [-0.15, -0.1) is 0 Å². The van der Waals surface area contributed by atoms with Gasteiger partial charge in [-0.05, 0) is 43.8 Å². The molecular weight excluding hydrogens is 354 g/mol. The van der Waals surface area contributed by atoms with Gasteiger partial charge in [-0.25, -0.2) is 0 Å². The molecule has 2 rings (SSSR count). The van der Waals surface area contributed by atoms with Crippen molar-refractivity contribution in [3.8, 4) is 11.5 Å². The number of benzene rings is 2. The van der Waals surface area contributed by atoms with Gasteiger partial charge in [-0.3, -0.25) is 4.79 Å². The van der Waals surface area contributed by atoms with Gasteiger partial charge in [-0.1, -0.05) is 36.4 Å². The second kappa shape index (κ2) is 11.3. The molecule has 0 spiro atoms. The molecule has 152 valence electrons. The van der Waals surface area contributed by atoms with Crippen LogP contribution in [0.1, 0.15) is 17.2 Å². The fraction of sp³-hybridized carbons (Fsp3) is 0.409. The molecule has 2 aromatic carbocycles.